The second kappa shape index (κ2) is 4.05. The predicted molar refractivity (Wildman–Crippen MR) is 96.2 cm³/mol. The van der Waals surface area contributed by atoms with Crippen molar-refractivity contribution in [3.05, 3.63) is 16.7 Å². The zero-order valence-electron chi connectivity index (χ0n) is 14.5. The van der Waals surface area contributed by atoms with Crippen LogP contribution in [0.15, 0.2) is 0 Å². The lowest BCUT2D eigenvalue weighted by Gasteiger charge is -2.45. The molecule has 0 heterocycles. The van der Waals surface area contributed by atoms with Crippen molar-refractivity contribution in [2.24, 2.45) is 5.41 Å². The minimum atomic E-state index is 0.0616. The average molecular weight is 266 g/mol. The molecule has 0 spiro atoms. The molecule has 1 aromatic carbocycles. The maximum absolute atomic E-state index is 11.5. The van der Waals surface area contributed by atoms with E-state index in [0.29, 0.717) is 0 Å². The van der Waals surface area contributed by atoms with Crippen LogP contribution in [0.2, 0.25) is 0 Å². The monoisotopic (exact) mass is 266 g/mol. The minimum Gasteiger partial charge on any atom is -0.298 e. The van der Waals surface area contributed by atoms with Crippen molar-refractivity contribution in [1.82, 2.24) is 0 Å². The van der Waals surface area contributed by atoms with E-state index in [1.807, 2.05) is 0 Å². The summed E-state index contributed by atoms with van der Waals surface area (Å²) in [6, 6.07) is 0. The zero-order chi connectivity index (χ0) is 15.7. The third kappa shape index (κ3) is 1.46. The van der Waals surface area contributed by atoms with E-state index < -0.39 is 0 Å². The Balaban J connectivity index is 3.05. The van der Waals surface area contributed by atoms with Gasteiger partial charge in [0, 0.05) is 5.56 Å². The number of benzene rings is 1. The van der Waals surface area contributed by atoms with Crippen molar-refractivity contribution in [3.63, 3.8) is 0 Å². The van der Waals surface area contributed by atoms with Crippen molar-refractivity contribution < 1.29 is 4.79 Å². The lowest BCUT2D eigenvalue weighted by atomic mass is 9.58. The molecule has 0 aromatic heterocycles. The molecule has 1 nitrogen and oxygen atoms in total. The smallest absolute Gasteiger partial charge is 0.148 e. The van der Waals surface area contributed by atoms with E-state index in [1.54, 1.807) is 0 Å². The van der Waals surface area contributed by atoms with Crippen LogP contribution in [-0.2, 0) is 10.8 Å². The van der Waals surface area contributed by atoms with E-state index in [4.69, 9.17) is 0 Å². The topological polar surface area (TPSA) is 17.1 Å². The molecule has 4 heteroatoms. The Labute approximate surface area is 126 Å². The quantitative estimate of drug-likeness (QED) is 0.464. The lowest BCUT2D eigenvalue weighted by Crippen LogP contribution is -2.44. The fourth-order valence-corrected chi connectivity index (χ4v) is 4.33. The fraction of sp³-hybridized carbons (Fsp3) is 0.562. The first kappa shape index (κ1) is 15.5. The van der Waals surface area contributed by atoms with Crippen LogP contribution in [0, 0.1) is 5.41 Å². The summed E-state index contributed by atoms with van der Waals surface area (Å²) in [5.41, 5.74) is 7.70. The van der Waals surface area contributed by atoms with Gasteiger partial charge in [0.15, 0.2) is 0 Å². The molecule has 0 N–H and O–H groups in total. The van der Waals surface area contributed by atoms with Crippen LogP contribution < -0.4 is 16.4 Å². The summed E-state index contributed by atoms with van der Waals surface area (Å²) in [7, 11) is 6.38. The summed E-state index contributed by atoms with van der Waals surface area (Å²) in [5, 5.41) is 0. The first-order chi connectivity index (χ1) is 8.92. The van der Waals surface area contributed by atoms with Crippen LogP contribution in [0.25, 0.3) is 0 Å². The van der Waals surface area contributed by atoms with Crippen molar-refractivity contribution in [2.45, 2.75) is 52.4 Å². The van der Waals surface area contributed by atoms with Gasteiger partial charge in [-0.15, -0.1) is 0 Å². The Kier molecular flexibility index (Phi) is 3.14. The molecular formula is C16H25B3O. The number of carbonyl (C=O) groups excluding carboxylic acids is 1. The van der Waals surface area contributed by atoms with E-state index in [9.17, 15) is 4.79 Å². The van der Waals surface area contributed by atoms with Gasteiger partial charge in [-0.3, -0.25) is 4.79 Å². The standard InChI is InChI=1S/C16H25B3O/c1-14(2)9-10(15(3,4)16(14,5)6)13(19)12(18)8(7-20)11(9)17/h7H,17-19H2,1-6H3. The van der Waals surface area contributed by atoms with Crippen LogP contribution in [0.1, 0.15) is 63.0 Å². The van der Waals surface area contributed by atoms with Crippen LogP contribution in [0.4, 0.5) is 0 Å². The minimum absolute atomic E-state index is 0.0616. The highest BCUT2D eigenvalue weighted by molar-refractivity contribution is 6.54. The van der Waals surface area contributed by atoms with E-state index in [0.717, 1.165) is 17.3 Å². The van der Waals surface area contributed by atoms with Gasteiger partial charge in [0.25, 0.3) is 0 Å². The summed E-state index contributed by atoms with van der Waals surface area (Å²) < 4.78 is 0. The van der Waals surface area contributed by atoms with Gasteiger partial charge in [-0.25, -0.2) is 0 Å². The molecule has 0 saturated carbocycles. The maximum atomic E-state index is 11.5. The van der Waals surface area contributed by atoms with Gasteiger partial charge in [0.1, 0.15) is 29.8 Å². The predicted octanol–water partition coefficient (Wildman–Crippen LogP) is -1.13. The van der Waals surface area contributed by atoms with Crippen LogP contribution in [0.5, 0.6) is 0 Å². The normalized spacial score (nSPS) is 21.5. The molecule has 1 aliphatic rings. The fourth-order valence-electron chi connectivity index (χ4n) is 4.33. The molecule has 104 valence electrons. The Morgan fingerprint density at radius 3 is 1.55 bits per heavy atom. The highest BCUT2D eigenvalue weighted by atomic mass is 16.1. The van der Waals surface area contributed by atoms with Crippen LogP contribution in [-0.4, -0.2) is 29.8 Å². The molecule has 0 amide bonds. The van der Waals surface area contributed by atoms with Gasteiger partial charge >= 0.3 is 0 Å². The number of carbonyl (C=O) groups is 1. The van der Waals surface area contributed by atoms with E-state index in [2.05, 4.69) is 65.1 Å². The first-order valence-electron chi connectivity index (χ1n) is 7.52. The molecule has 0 atom stereocenters. The number of rotatable bonds is 1. The number of aldehydes is 1. The Morgan fingerprint density at radius 1 is 0.750 bits per heavy atom. The molecule has 0 saturated heterocycles. The molecule has 20 heavy (non-hydrogen) atoms. The maximum Gasteiger partial charge on any atom is 0.148 e. The third-order valence-corrected chi connectivity index (χ3v) is 6.86. The summed E-state index contributed by atoms with van der Waals surface area (Å²) in [6.45, 7) is 14.1. The Hall–Kier alpha value is -0.915. The van der Waals surface area contributed by atoms with Crippen LogP contribution >= 0.6 is 0 Å². The second-order valence-electron chi connectivity index (χ2n) is 8.03. The van der Waals surface area contributed by atoms with Gasteiger partial charge in [-0.05, 0) is 27.4 Å². The lowest BCUT2D eigenvalue weighted by molar-refractivity contribution is 0.112. The largest absolute Gasteiger partial charge is 0.298 e. The molecule has 1 aliphatic carbocycles. The van der Waals surface area contributed by atoms with Crippen molar-refractivity contribution in [1.29, 1.82) is 0 Å². The molecule has 0 aliphatic heterocycles. The highest BCUT2D eigenvalue weighted by Gasteiger charge is 2.57. The molecule has 0 unspecified atom stereocenters. The van der Waals surface area contributed by atoms with E-state index >= 15 is 0 Å². The van der Waals surface area contributed by atoms with Crippen LogP contribution in [0.3, 0.4) is 0 Å². The average Bonchev–Trinajstić information content (AvgIpc) is 2.42. The van der Waals surface area contributed by atoms with Crippen molar-refractivity contribution in [2.75, 3.05) is 0 Å². The van der Waals surface area contributed by atoms with Gasteiger partial charge in [0.2, 0.25) is 0 Å². The van der Waals surface area contributed by atoms with Crippen molar-refractivity contribution in [3.8, 4) is 0 Å². The van der Waals surface area contributed by atoms with Gasteiger partial charge < -0.3 is 0 Å². The molecule has 2 rings (SSSR count). The van der Waals surface area contributed by atoms with E-state index in [-0.39, 0.29) is 16.2 Å². The third-order valence-electron chi connectivity index (χ3n) is 6.86. The van der Waals surface area contributed by atoms with Gasteiger partial charge in [-0.1, -0.05) is 57.9 Å². The number of hydrogen-bond acceptors (Lipinski definition) is 1. The number of fused-ring (bicyclic) bond motifs is 1. The Morgan fingerprint density at radius 2 is 1.15 bits per heavy atom. The first-order valence-corrected chi connectivity index (χ1v) is 7.52. The Bertz CT molecular complexity index is 613. The summed E-state index contributed by atoms with van der Waals surface area (Å²) >= 11 is 0. The summed E-state index contributed by atoms with van der Waals surface area (Å²) in [5.74, 6) is 0. The van der Waals surface area contributed by atoms with Gasteiger partial charge in [0.05, 0.1) is 0 Å². The molecule has 0 radical (unpaired) electrons. The van der Waals surface area contributed by atoms with Crippen molar-refractivity contribution >= 4 is 46.2 Å². The second-order valence-corrected chi connectivity index (χ2v) is 8.03. The highest BCUT2D eigenvalue weighted by Crippen LogP contribution is 2.60. The summed E-state index contributed by atoms with van der Waals surface area (Å²) in [4.78, 5) is 11.5. The number of hydrogen-bond donors (Lipinski definition) is 0. The zero-order valence-corrected chi connectivity index (χ0v) is 14.5. The molecular weight excluding hydrogens is 241 g/mol. The van der Waals surface area contributed by atoms with Gasteiger partial charge in [-0.2, -0.15) is 0 Å². The SMILES string of the molecule is Bc1c(B)c2c(c(B)c1C=O)C(C)(C)C(C)(C)C2(C)C. The summed E-state index contributed by atoms with van der Waals surface area (Å²) in [6.07, 6.45) is 1.03. The molecule has 0 bridgehead atoms. The molecule has 0 fully saturated rings. The van der Waals surface area contributed by atoms with E-state index in [1.165, 1.54) is 22.1 Å². The molecule has 1 aromatic rings.